The topological polar surface area (TPSA) is 134 Å². The number of carbonyl (C=O) groups excluding carboxylic acids is 2. The summed E-state index contributed by atoms with van der Waals surface area (Å²) in [6.07, 6.45) is 88.0. The first-order valence-corrected chi connectivity index (χ1v) is 37.6. The summed E-state index contributed by atoms with van der Waals surface area (Å²) in [5.41, 5.74) is 5.41. The van der Waals surface area contributed by atoms with Gasteiger partial charge in [0.1, 0.15) is 6.61 Å². The van der Waals surface area contributed by atoms with Crippen LogP contribution in [0.15, 0.2) is 48.6 Å². The molecule has 0 aliphatic carbocycles. The molecule has 0 radical (unpaired) electrons. The Labute approximate surface area is 515 Å². The summed E-state index contributed by atoms with van der Waals surface area (Å²) in [5.74, 6) is -0.803. The fourth-order valence-corrected chi connectivity index (χ4v) is 11.7. The van der Waals surface area contributed by atoms with Gasteiger partial charge in [-0.3, -0.25) is 18.6 Å². The first kappa shape index (κ1) is 81.0. The third-order valence-electron chi connectivity index (χ3n) is 16.2. The van der Waals surface area contributed by atoms with Crippen molar-refractivity contribution in [1.82, 2.24) is 0 Å². The average molecular weight is 1190 g/mol. The minimum Gasteiger partial charge on any atom is -0.462 e. The number of phosphoric acid groups is 1. The van der Waals surface area contributed by atoms with Gasteiger partial charge in [0.2, 0.25) is 0 Å². The minimum absolute atomic E-state index is 0.0565. The molecule has 0 spiro atoms. The quantitative estimate of drug-likeness (QED) is 0.0264. The highest BCUT2D eigenvalue weighted by Crippen LogP contribution is 2.43. The molecule has 0 bridgehead atoms. The molecule has 0 heterocycles. The molecule has 0 fully saturated rings. The predicted molar refractivity (Wildman–Crippen MR) is 358 cm³/mol. The van der Waals surface area contributed by atoms with Gasteiger partial charge in [0, 0.05) is 19.4 Å². The molecule has 0 aliphatic rings. The smallest absolute Gasteiger partial charge is 0.462 e. The van der Waals surface area contributed by atoms with Crippen LogP contribution in [0, 0.1) is 0 Å². The molecule has 0 aromatic rings. The number of ether oxygens (including phenoxy) is 2. The maximum atomic E-state index is 12.8. The van der Waals surface area contributed by atoms with Gasteiger partial charge >= 0.3 is 19.8 Å². The van der Waals surface area contributed by atoms with E-state index in [1.54, 1.807) is 0 Å². The summed E-state index contributed by atoms with van der Waals surface area (Å²) in [5, 5.41) is 0. The zero-order valence-corrected chi connectivity index (χ0v) is 55.8. The van der Waals surface area contributed by atoms with Crippen molar-refractivity contribution in [1.29, 1.82) is 0 Å². The molecule has 0 saturated carbocycles. The molecule has 0 aliphatic heterocycles. The van der Waals surface area contributed by atoms with E-state index in [1.807, 2.05) is 0 Å². The summed E-state index contributed by atoms with van der Waals surface area (Å²) >= 11 is 0. The van der Waals surface area contributed by atoms with E-state index in [2.05, 4.69) is 62.5 Å². The number of carbonyl (C=O) groups is 2. The zero-order chi connectivity index (χ0) is 60.1. The number of hydrogen-bond donors (Lipinski definition) is 2. The van der Waals surface area contributed by atoms with Crippen LogP contribution in [-0.2, 0) is 32.7 Å². The van der Waals surface area contributed by atoms with Crippen molar-refractivity contribution in [3.8, 4) is 0 Å². The van der Waals surface area contributed by atoms with E-state index < -0.39 is 26.5 Å². The third-order valence-corrected chi connectivity index (χ3v) is 17.2. The molecule has 10 heteroatoms. The van der Waals surface area contributed by atoms with E-state index in [-0.39, 0.29) is 38.6 Å². The Balaban J connectivity index is 3.78. The molecular weight excluding hydrogens is 1050 g/mol. The molecule has 9 nitrogen and oxygen atoms in total. The summed E-state index contributed by atoms with van der Waals surface area (Å²) in [6, 6.07) is 0. The van der Waals surface area contributed by atoms with Crippen LogP contribution in [0.25, 0.3) is 0 Å². The molecule has 0 rings (SSSR count). The number of nitrogens with two attached hydrogens (primary N) is 1. The van der Waals surface area contributed by atoms with E-state index in [9.17, 15) is 19.0 Å². The van der Waals surface area contributed by atoms with Gasteiger partial charge in [-0.25, -0.2) is 4.57 Å². The van der Waals surface area contributed by atoms with Crippen molar-refractivity contribution in [3.63, 3.8) is 0 Å². The van der Waals surface area contributed by atoms with Crippen molar-refractivity contribution >= 4 is 19.8 Å². The van der Waals surface area contributed by atoms with Crippen LogP contribution in [0.2, 0.25) is 0 Å². The van der Waals surface area contributed by atoms with E-state index >= 15 is 0 Å². The lowest BCUT2D eigenvalue weighted by Crippen LogP contribution is -2.29. The summed E-state index contributed by atoms with van der Waals surface area (Å²) in [4.78, 5) is 35.4. The summed E-state index contributed by atoms with van der Waals surface area (Å²) in [6.45, 7) is 3.71. The molecule has 0 amide bonds. The number of unbranched alkanes of at least 4 members (excludes halogenated alkanes) is 48. The van der Waals surface area contributed by atoms with Crippen LogP contribution in [0.4, 0.5) is 0 Å². The van der Waals surface area contributed by atoms with Crippen LogP contribution >= 0.6 is 7.82 Å². The van der Waals surface area contributed by atoms with E-state index in [0.29, 0.717) is 6.42 Å². The van der Waals surface area contributed by atoms with Crippen LogP contribution in [0.5, 0.6) is 0 Å². The van der Waals surface area contributed by atoms with E-state index in [4.69, 9.17) is 24.3 Å². The monoisotopic (exact) mass is 1190 g/mol. The highest BCUT2D eigenvalue weighted by atomic mass is 31.2. The van der Waals surface area contributed by atoms with Crippen LogP contribution in [-0.4, -0.2) is 49.3 Å². The second kappa shape index (κ2) is 69.1. The number of esters is 2. The number of phosphoric ester groups is 1. The Morgan fingerprint density at radius 1 is 0.373 bits per heavy atom. The zero-order valence-electron chi connectivity index (χ0n) is 55.0. The first-order chi connectivity index (χ1) is 40.8. The maximum Gasteiger partial charge on any atom is 0.472 e. The lowest BCUT2D eigenvalue weighted by atomic mass is 10.0. The lowest BCUT2D eigenvalue weighted by Gasteiger charge is -2.19. The molecule has 2 atom stereocenters. The van der Waals surface area contributed by atoms with Gasteiger partial charge in [-0.15, -0.1) is 0 Å². The highest BCUT2D eigenvalue weighted by Gasteiger charge is 2.26. The Morgan fingerprint density at radius 3 is 0.988 bits per heavy atom. The van der Waals surface area contributed by atoms with Crippen molar-refractivity contribution < 1.29 is 37.6 Å². The van der Waals surface area contributed by atoms with Crippen LogP contribution in [0.3, 0.4) is 0 Å². The van der Waals surface area contributed by atoms with Gasteiger partial charge in [0.15, 0.2) is 6.10 Å². The molecule has 0 aromatic heterocycles. The summed E-state index contributed by atoms with van der Waals surface area (Å²) in [7, 11) is -4.39. The van der Waals surface area contributed by atoms with Crippen molar-refractivity contribution in [2.24, 2.45) is 5.73 Å². The van der Waals surface area contributed by atoms with E-state index in [1.165, 1.54) is 283 Å². The normalized spacial score (nSPS) is 13.2. The Bertz CT molecular complexity index is 1500. The molecule has 2 unspecified atom stereocenters. The van der Waals surface area contributed by atoms with Crippen molar-refractivity contribution in [2.45, 2.75) is 380 Å². The lowest BCUT2D eigenvalue weighted by molar-refractivity contribution is -0.161. The molecule has 0 saturated heterocycles. The number of hydrogen-bond acceptors (Lipinski definition) is 8. The van der Waals surface area contributed by atoms with Crippen molar-refractivity contribution in [2.75, 3.05) is 26.4 Å². The highest BCUT2D eigenvalue weighted by molar-refractivity contribution is 7.47. The van der Waals surface area contributed by atoms with Gasteiger partial charge < -0.3 is 20.1 Å². The van der Waals surface area contributed by atoms with Gasteiger partial charge in [-0.05, 0) is 51.4 Å². The van der Waals surface area contributed by atoms with Gasteiger partial charge in [-0.1, -0.05) is 358 Å². The maximum absolute atomic E-state index is 12.8. The second-order valence-corrected chi connectivity index (χ2v) is 25.9. The fraction of sp³-hybridized carbons (Fsp3) is 0.863. The standard InChI is InChI=1S/C73H138NO8P/c1-3-5-7-9-11-13-15-17-19-21-23-25-27-29-30-31-32-33-34-35-36-37-38-39-40-42-44-46-48-50-52-54-56-58-60-62-64-66-73(76)82-71(70-81-83(77,78)80-68-67-74)69-79-72(75)65-63-61-59-57-55-53-51-49-47-45-43-41-28-26-24-22-20-18-16-14-12-10-8-6-4-2/h5,7,11,13,17,19,23,25,71H,3-4,6,8-10,12,14-16,18,20-22,24,26-70,74H2,1-2H3,(H,77,78)/b7-5-,13-11-,19-17-,25-23-. The third kappa shape index (κ3) is 68.9. The molecule has 488 valence electrons. The van der Waals surface area contributed by atoms with Gasteiger partial charge in [0.05, 0.1) is 13.2 Å². The molecule has 0 aromatic carbocycles. The van der Waals surface area contributed by atoms with Crippen molar-refractivity contribution in [3.05, 3.63) is 48.6 Å². The minimum atomic E-state index is -4.39. The SMILES string of the molecule is CC/C=C\C/C=C\C/C=C\C/C=C\CCCCCCCCCCCCCCCCCCCCCCCCCCC(=O)OC(COC(=O)CCCCCCCCCCCCCCCCCCCCCCCCCCC)COP(=O)(O)OCCN. The largest absolute Gasteiger partial charge is 0.472 e. The van der Waals surface area contributed by atoms with E-state index in [0.717, 1.165) is 57.8 Å². The van der Waals surface area contributed by atoms with Crippen LogP contribution < -0.4 is 5.73 Å². The summed E-state index contributed by atoms with van der Waals surface area (Å²) < 4.78 is 33.2. The predicted octanol–water partition coefficient (Wildman–Crippen LogP) is 23.6. The van der Waals surface area contributed by atoms with Crippen LogP contribution in [0.1, 0.15) is 373 Å². The van der Waals surface area contributed by atoms with Gasteiger partial charge in [0.25, 0.3) is 0 Å². The first-order valence-electron chi connectivity index (χ1n) is 36.1. The number of rotatable bonds is 69. The second-order valence-electron chi connectivity index (χ2n) is 24.4. The molecule has 3 N–H and O–H groups in total. The number of allylic oxidation sites excluding steroid dienone is 8. The molecular formula is C73H138NO8P. The molecule has 83 heavy (non-hydrogen) atoms. The Morgan fingerprint density at radius 2 is 0.663 bits per heavy atom. The fourth-order valence-electron chi connectivity index (χ4n) is 10.9. The van der Waals surface area contributed by atoms with Gasteiger partial charge in [-0.2, -0.15) is 0 Å². The Hall–Kier alpha value is -2.03. The Kier molecular flexibility index (Phi) is 67.4. The average Bonchev–Trinajstić information content (AvgIpc) is 3.49.